The van der Waals surface area contributed by atoms with E-state index in [2.05, 4.69) is 10.3 Å². The maximum atomic E-state index is 12.3. The van der Waals surface area contributed by atoms with Gasteiger partial charge in [-0.15, -0.1) is 11.3 Å². The quantitative estimate of drug-likeness (QED) is 0.506. The second kappa shape index (κ2) is 7.92. The Kier molecular flexibility index (Phi) is 5.43. The van der Waals surface area contributed by atoms with Gasteiger partial charge in [0.15, 0.2) is 5.75 Å². The molecule has 0 atom stereocenters. The largest absolute Gasteiger partial charge is 0.487 e. The van der Waals surface area contributed by atoms with Crippen molar-refractivity contribution in [3.63, 3.8) is 0 Å². The van der Waals surface area contributed by atoms with Gasteiger partial charge >= 0.3 is 5.69 Å². The molecule has 0 unspecified atom stereocenters. The fraction of sp³-hybridized carbons (Fsp3) is 0.222. The van der Waals surface area contributed by atoms with Gasteiger partial charge in [0.05, 0.1) is 26.8 Å². The van der Waals surface area contributed by atoms with Crippen molar-refractivity contribution in [2.45, 2.75) is 13.3 Å². The van der Waals surface area contributed by atoms with E-state index in [0.29, 0.717) is 19.6 Å². The Balaban J connectivity index is 1.64. The minimum Gasteiger partial charge on any atom is -0.487 e. The van der Waals surface area contributed by atoms with Crippen molar-refractivity contribution in [1.82, 2.24) is 10.3 Å². The Morgan fingerprint density at radius 3 is 2.85 bits per heavy atom. The molecule has 0 saturated carbocycles. The predicted octanol–water partition coefficient (Wildman–Crippen LogP) is 3.58. The van der Waals surface area contributed by atoms with E-state index in [9.17, 15) is 14.9 Å². The van der Waals surface area contributed by atoms with Gasteiger partial charge in [-0.3, -0.25) is 14.9 Å². The Hall–Kier alpha value is -3.00. The van der Waals surface area contributed by atoms with Crippen LogP contribution in [0.5, 0.6) is 5.75 Å². The van der Waals surface area contributed by atoms with Crippen LogP contribution in [0.25, 0.3) is 10.2 Å². The van der Waals surface area contributed by atoms with Gasteiger partial charge in [0.1, 0.15) is 0 Å². The molecule has 1 amide bonds. The number of nitro benzene ring substituents is 1. The highest BCUT2D eigenvalue weighted by molar-refractivity contribution is 7.18. The lowest BCUT2D eigenvalue weighted by molar-refractivity contribution is -0.385. The van der Waals surface area contributed by atoms with Gasteiger partial charge in [-0.05, 0) is 31.2 Å². The summed E-state index contributed by atoms with van der Waals surface area (Å²) in [5, 5.41) is 14.9. The number of aromatic nitrogens is 1. The van der Waals surface area contributed by atoms with E-state index >= 15 is 0 Å². The van der Waals surface area contributed by atoms with Crippen molar-refractivity contribution in [3.05, 3.63) is 63.1 Å². The smallest absolute Gasteiger partial charge is 0.311 e. The summed E-state index contributed by atoms with van der Waals surface area (Å²) in [4.78, 5) is 27.4. The molecule has 8 heteroatoms. The molecule has 0 fully saturated rings. The normalized spacial score (nSPS) is 10.7. The molecule has 0 bridgehead atoms. The highest BCUT2D eigenvalue weighted by Gasteiger charge is 2.18. The minimum atomic E-state index is -0.553. The van der Waals surface area contributed by atoms with E-state index in [1.165, 1.54) is 18.2 Å². The molecule has 0 spiro atoms. The summed E-state index contributed by atoms with van der Waals surface area (Å²) < 4.78 is 6.33. The molecule has 3 rings (SSSR count). The van der Waals surface area contributed by atoms with E-state index in [1.807, 2.05) is 24.3 Å². The van der Waals surface area contributed by atoms with Gasteiger partial charge < -0.3 is 10.1 Å². The molecule has 1 N–H and O–H groups in total. The predicted molar refractivity (Wildman–Crippen MR) is 99.9 cm³/mol. The first kappa shape index (κ1) is 17.8. The molecule has 0 aliphatic carbocycles. The van der Waals surface area contributed by atoms with Crippen LogP contribution in [-0.2, 0) is 6.42 Å². The second-order valence-corrected chi connectivity index (χ2v) is 6.57. The molecule has 1 aromatic heterocycles. The number of ether oxygens (including phenoxy) is 1. The number of benzene rings is 2. The first-order valence-electron chi connectivity index (χ1n) is 8.12. The van der Waals surface area contributed by atoms with Crippen LogP contribution in [0.3, 0.4) is 0 Å². The molecular weight excluding hydrogens is 354 g/mol. The fourth-order valence-electron chi connectivity index (χ4n) is 2.49. The molecule has 26 heavy (non-hydrogen) atoms. The summed E-state index contributed by atoms with van der Waals surface area (Å²) in [6, 6.07) is 12.1. The number of nitrogens with zero attached hydrogens (tertiary/aromatic N) is 2. The van der Waals surface area contributed by atoms with Crippen LogP contribution in [0.2, 0.25) is 0 Å². The first-order chi connectivity index (χ1) is 12.6. The van der Waals surface area contributed by atoms with Crippen molar-refractivity contribution >= 4 is 33.1 Å². The van der Waals surface area contributed by atoms with Gasteiger partial charge in [0.2, 0.25) is 0 Å². The summed E-state index contributed by atoms with van der Waals surface area (Å²) in [6.07, 6.45) is 0.601. The number of carbonyl (C=O) groups excluding carboxylic acids is 1. The lowest BCUT2D eigenvalue weighted by Crippen LogP contribution is -2.25. The maximum Gasteiger partial charge on any atom is 0.311 e. The molecule has 134 valence electrons. The highest BCUT2D eigenvalue weighted by atomic mass is 32.1. The monoisotopic (exact) mass is 371 g/mol. The number of para-hydroxylation sites is 1. The zero-order chi connectivity index (χ0) is 18.5. The lowest BCUT2D eigenvalue weighted by atomic mass is 10.1. The molecule has 1 heterocycles. The molecule has 3 aromatic rings. The summed E-state index contributed by atoms with van der Waals surface area (Å²) in [7, 11) is 0. The van der Waals surface area contributed by atoms with E-state index in [1.54, 1.807) is 18.3 Å². The Labute approximate surface area is 153 Å². The molecule has 0 saturated heterocycles. The molecule has 0 radical (unpaired) electrons. The number of hydrogen-bond acceptors (Lipinski definition) is 6. The number of rotatable bonds is 7. The summed E-state index contributed by atoms with van der Waals surface area (Å²) in [5.41, 5.74) is 0.955. The van der Waals surface area contributed by atoms with Gasteiger partial charge in [-0.25, -0.2) is 4.98 Å². The van der Waals surface area contributed by atoms with E-state index < -0.39 is 4.92 Å². The molecule has 2 aromatic carbocycles. The average molecular weight is 371 g/mol. The topological polar surface area (TPSA) is 94.4 Å². The Morgan fingerprint density at radius 1 is 1.31 bits per heavy atom. The third kappa shape index (κ3) is 3.97. The number of carbonyl (C=O) groups is 1. The van der Waals surface area contributed by atoms with Crippen LogP contribution in [-0.4, -0.2) is 29.0 Å². The van der Waals surface area contributed by atoms with Crippen LogP contribution in [0.4, 0.5) is 5.69 Å². The Bertz CT molecular complexity index is 922. The summed E-state index contributed by atoms with van der Waals surface area (Å²) >= 11 is 1.59. The number of nitrogens with one attached hydrogen (secondary N) is 1. The summed E-state index contributed by atoms with van der Waals surface area (Å²) in [6.45, 7) is 2.46. The van der Waals surface area contributed by atoms with E-state index in [4.69, 9.17) is 4.74 Å². The Morgan fingerprint density at radius 2 is 2.12 bits per heavy atom. The van der Waals surface area contributed by atoms with Crippen molar-refractivity contribution in [2.75, 3.05) is 13.2 Å². The lowest BCUT2D eigenvalue weighted by Gasteiger charge is -2.07. The van der Waals surface area contributed by atoms with Crippen molar-refractivity contribution in [1.29, 1.82) is 0 Å². The standard InChI is InChI=1S/C18H17N3O4S/c1-2-25-15-8-7-12(11-14(15)21(23)24)18(22)19-10-9-17-20-13-5-3-4-6-16(13)26-17/h3-8,11H,2,9-10H2,1H3,(H,19,22). The molecular formula is C18H17N3O4S. The first-order valence-corrected chi connectivity index (χ1v) is 8.94. The van der Waals surface area contributed by atoms with Crippen molar-refractivity contribution in [2.24, 2.45) is 0 Å². The van der Waals surface area contributed by atoms with Crippen molar-refractivity contribution in [3.8, 4) is 5.75 Å². The second-order valence-electron chi connectivity index (χ2n) is 5.45. The number of hydrogen-bond donors (Lipinski definition) is 1. The number of thiazole rings is 1. The number of fused-ring (bicyclic) bond motifs is 1. The average Bonchev–Trinajstić information content (AvgIpc) is 3.04. The van der Waals surface area contributed by atoms with Gasteiger partial charge in [-0.1, -0.05) is 12.1 Å². The van der Waals surface area contributed by atoms with Gasteiger partial charge in [0, 0.05) is 24.6 Å². The molecule has 0 aliphatic rings. The SMILES string of the molecule is CCOc1ccc(C(=O)NCCc2nc3ccccc3s2)cc1[N+](=O)[O-]. The number of nitro groups is 1. The summed E-state index contributed by atoms with van der Waals surface area (Å²) in [5.74, 6) is -0.208. The third-order valence-corrected chi connectivity index (χ3v) is 4.78. The van der Waals surface area contributed by atoms with Crippen molar-refractivity contribution < 1.29 is 14.5 Å². The van der Waals surface area contributed by atoms with Crippen LogP contribution in [0.15, 0.2) is 42.5 Å². The van der Waals surface area contributed by atoms with Crippen LogP contribution in [0.1, 0.15) is 22.3 Å². The van der Waals surface area contributed by atoms with Gasteiger partial charge in [-0.2, -0.15) is 0 Å². The van der Waals surface area contributed by atoms with Crippen LogP contribution < -0.4 is 10.1 Å². The van der Waals surface area contributed by atoms with Crippen LogP contribution >= 0.6 is 11.3 Å². The van der Waals surface area contributed by atoms with E-state index in [0.717, 1.165) is 15.2 Å². The molecule has 7 nitrogen and oxygen atoms in total. The van der Waals surface area contributed by atoms with E-state index in [-0.39, 0.29) is 22.9 Å². The maximum absolute atomic E-state index is 12.3. The minimum absolute atomic E-state index is 0.156. The number of amides is 1. The zero-order valence-electron chi connectivity index (χ0n) is 14.1. The van der Waals surface area contributed by atoms with Crippen LogP contribution in [0, 0.1) is 10.1 Å². The van der Waals surface area contributed by atoms with Gasteiger partial charge in [0.25, 0.3) is 5.91 Å². The fourth-order valence-corrected chi connectivity index (χ4v) is 3.46. The third-order valence-electron chi connectivity index (χ3n) is 3.68. The molecule has 0 aliphatic heterocycles. The highest BCUT2D eigenvalue weighted by Crippen LogP contribution is 2.28. The zero-order valence-corrected chi connectivity index (χ0v) is 14.9.